The number of nitrogens with zero attached hydrogens (tertiary/aromatic N) is 2. The summed E-state index contributed by atoms with van der Waals surface area (Å²) in [5, 5.41) is 3.67. The van der Waals surface area contributed by atoms with Gasteiger partial charge in [0.25, 0.3) is 0 Å². The normalized spacial score (nSPS) is 11.8. The van der Waals surface area contributed by atoms with Crippen LogP contribution < -0.4 is 5.32 Å². The molecule has 21 heavy (non-hydrogen) atoms. The molecule has 0 aliphatic carbocycles. The van der Waals surface area contributed by atoms with Gasteiger partial charge in [0.05, 0.1) is 12.0 Å². The van der Waals surface area contributed by atoms with Crippen molar-refractivity contribution in [2.45, 2.75) is 58.7 Å². The lowest BCUT2D eigenvalue weighted by Gasteiger charge is -2.26. The van der Waals surface area contributed by atoms with Crippen LogP contribution in [0.4, 0.5) is 0 Å². The number of hydrogen-bond acceptors (Lipinski definition) is 2. The molecule has 1 aromatic carbocycles. The predicted molar refractivity (Wildman–Crippen MR) is 88.2 cm³/mol. The summed E-state index contributed by atoms with van der Waals surface area (Å²) in [6.45, 7) is 8.66. The van der Waals surface area contributed by atoms with Crippen LogP contribution in [0.3, 0.4) is 0 Å². The van der Waals surface area contributed by atoms with Crippen molar-refractivity contribution in [2.24, 2.45) is 0 Å². The summed E-state index contributed by atoms with van der Waals surface area (Å²) in [5.41, 5.74) is 2.80. The van der Waals surface area contributed by atoms with Gasteiger partial charge in [0, 0.05) is 24.8 Å². The SMILES string of the molecule is CCCn1cncc1CNC(C)(C)CCc1ccccc1. The van der Waals surface area contributed by atoms with Crippen LogP contribution in [0.2, 0.25) is 0 Å². The van der Waals surface area contributed by atoms with Crippen molar-refractivity contribution in [1.82, 2.24) is 14.9 Å². The minimum atomic E-state index is 0.122. The van der Waals surface area contributed by atoms with Gasteiger partial charge in [0.2, 0.25) is 0 Å². The highest BCUT2D eigenvalue weighted by molar-refractivity contribution is 5.15. The summed E-state index contributed by atoms with van der Waals surface area (Å²) in [6, 6.07) is 10.7. The third-order valence-electron chi connectivity index (χ3n) is 3.89. The van der Waals surface area contributed by atoms with Gasteiger partial charge in [-0.2, -0.15) is 0 Å². The van der Waals surface area contributed by atoms with Crippen LogP contribution in [0, 0.1) is 0 Å². The summed E-state index contributed by atoms with van der Waals surface area (Å²) in [6.07, 6.45) is 7.27. The van der Waals surface area contributed by atoms with Gasteiger partial charge in [-0.25, -0.2) is 4.98 Å². The molecule has 114 valence electrons. The Morgan fingerprint density at radius 2 is 1.95 bits per heavy atom. The summed E-state index contributed by atoms with van der Waals surface area (Å²) in [7, 11) is 0. The number of rotatable bonds is 8. The largest absolute Gasteiger partial charge is 0.333 e. The molecule has 0 aliphatic heterocycles. The van der Waals surface area contributed by atoms with E-state index in [1.807, 2.05) is 12.5 Å². The second-order valence-electron chi connectivity index (χ2n) is 6.30. The molecule has 0 atom stereocenters. The highest BCUT2D eigenvalue weighted by Crippen LogP contribution is 2.14. The molecule has 0 spiro atoms. The summed E-state index contributed by atoms with van der Waals surface area (Å²) >= 11 is 0. The molecular weight excluding hydrogens is 258 g/mol. The first kappa shape index (κ1) is 15.8. The van der Waals surface area contributed by atoms with Gasteiger partial charge in [-0.3, -0.25) is 0 Å². The molecule has 0 saturated heterocycles. The molecule has 0 aliphatic rings. The van der Waals surface area contributed by atoms with Crippen LogP contribution in [0.5, 0.6) is 0 Å². The standard InChI is InChI=1S/C18H27N3/c1-4-12-21-15-19-13-17(21)14-20-18(2,3)11-10-16-8-6-5-7-9-16/h5-9,13,15,20H,4,10-12,14H2,1-3H3. The Morgan fingerprint density at radius 1 is 1.19 bits per heavy atom. The van der Waals surface area contributed by atoms with Crippen molar-refractivity contribution in [2.75, 3.05) is 0 Å². The maximum absolute atomic E-state index is 4.26. The predicted octanol–water partition coefficient (Wildman–Crippen LogP) is 3.79. The average Bonchev–Trinajstić information content (AvgIpc) is 2.92. The fourth-order valence-corrected chi connectivity index (χ4v) is 2.46. The highest BCUT2D eigenvalue weighted by Gasteiger charge is 2.17. The van der Waals surface area contributed by atoms with E-state index in [0.717, 1.165) is 32.4 Å². The molecule has 2 aromatic rings. The second-order valence-corrected chi connectivity index (χ2v) is 6.30. The van der Waals surface area contributed by atoms with Crippen molar-refractivity contribution >= 4 is 0 Å². The van der Waals surface area contributed by atoms with E-state index in [9.17, 15) is 0 Å². The van der Waals surface area contributed by atoms with E-state index in [1.165, 1.54) is 11.3 Å². The molecule has 3 nitrogen and oxygen atoms in total. The van der Waals surface area contributed by atoms with E-state index >= 15 is 0 Å². The zero-order chi connectivity index (χ0) is 15.1. The summed E-state index contributed by atoms with van der Waals surface area (Å²) in [5.74, 6) is 0. The van der Waals surface area contributed by atoms with Crippen molar-refractivity contribution in [3.05, 3.63) is 54.1 Å². The molecule has 3 heteroatoms. The Bertz CT molecular complexity index is 528. The van der Waals surface area contributed by atoms with Crippen LogP contribution in [0.15, 0.2) is 42.9 Å². The molecule has 0 bridgehead atoms. The van der Waals surface area contributed by atoms with Gasteiger partial charge in [-0.05, 0) is 38.7 Å². The van der Waals surface area contributed by atoms with Crippen LogP contribution in [0.25, 0.3) is 0 Å². The zero-order valence-corrected chi connectivity index (χ0v) is 13.5. The lowest BCUT2D eigenvalue weighted by atomic mass is 9.95. The Kier molecular flexibility index (Phi) is 5.57. The number of aromatic nitrogens is 2. The number of nitrogens with one attached hydrogen (secondary N) is 1. The molecule has 1 aromatic heterocycles. The highest BCUT2D eigenvalue weighted by atomic mass is 15.1. The lowest BCUT2D eigenvalue weighted by Crippen LogP contribution is -2.39. The number of imidazole rings is 1. The van der Waals surface area contributed by atoms with Crippen molar-refractivity contribution in [3.8, 4) is 0 Å². The van der Waals surface area contributed by atoms with E-state index in [4.69, 9.17) is 0 Å². The molecule has 0 unspecified atom stereocenters. The van der Waals surface area contributed by atoms with E-state index < -0.39 is 0 Å². The van der Waals surface area contributed by atoms with Crippen molar-refractivity contribution < 1.29 is 0 Å². The third-order valence-corrected chi connectivity index (χ3v) is 3.89. The van der Waals surface area contributed by atoms with Crippen LogP contribution in [-0.2, 0) is 19.5 Å². The molecule has 0 radical (unpaired) electrons. The Morgan fingerprint density at radius 3 is 2.67 bits per heavy atom. The minimum absolute atomic E-state index is 0.122. The second kappa shape index (κ2) is 7.41. The first-order valence-corrected chi connectivity index (χ1v) is 7.89. The van der Waals surface area contributed by atoms with E-state index in [0.29, 0.717) is 0 Å². The van der Waals surface area contributed by atoms with Gasteiger partial charge in [0.1, 0.15) is 0 Å². The van der Waals surface area contributed by atoms with Gasteiger partial charge in [-0.1, -0.05) is 37.3 Å². The average molecular weight is 285 g/mol. The van der Waals surface area contributed by atoms with E-state index in [-0.39, 0.29) is 5.54 Å². The van der Waals surface area contributed by atoms with Crippen LogP contribution in [-0.4, -0.2) is 15.1 Å². The van der Waals surface area contributed by atoms with Crippen molar-refractivity contribution in [3.63, 3.8) is 0 Å². The Balaban J connectivity index is 1.84. The monoisotopic (exact) mass is 285 g/mol. The molecule has 1 N–H and O–H groups in total. The lowest BCUT2D eigenvalue weighted by molar-refractivity contribution is 0.355. The van der Waals surface area contributed by atoms with Crippen LogP contribution in [0.1, 0.15) is 44.9 Å². The van der Waals surface area contributed by atoms with Gasteiger partial charge < -0.3 is 9.88 Å². The molecule has 0 fully saturated rings. The molecular formula is C18H27N3. The maximum atomic E-state index is 4.26. The minimum Gasteiger partial charge on any atom is -0.333 e. The number of aryl methyl sites for hydroxylation is 2. The topological polar surface area (TPSA) is 29.9 Å². The fraction of sp³-hybridized carbons (Fsp3) is 0.500. The van der Waals surface area contributed by atoms with E-state index in [2.05, 4.69) is 66.0 Å². The molecule has 0 amide bonds. The first-order chi connectivity index (χ1) is 10.1. The van der Waals surface area contributed by atoms with Crippen LogP contribution >= 0.6 is 0 Å². The van der Waals surface area contributed by atoms with E-state index in [1.54, 1.807) is 0 Å². The first-order valence-electron chi connectivity index (χ1n) is 7.89. The molecule has 0 saturated carbocycles. The number of benzene rings is 1. The third kappa shape index (κ3) is 5.01. The van der Waals surface area contributed by atoms with Gasteiger partial charge >= 0.3 is 0 Å². The summed E-state index contributed by atoms with van der Waals surface area (Å²) < 4.78 is 2.24. The smallest absolute Gasteiger partial charge is 0.0948 e. The van der Waals surface area contributed by atoms with Crippen molar-refractivity contribution in [1.29, 1.82) is 0 Å². The zero-order valence-electron chi connectivity index (χ0n) is 13.5. The fourth-order valence-electron chi connectivity index (χ4n) is 2.46. The van der Waals surface area contributed by atoms with Gasteiger partial charge in [-0.15, -0.1) is 0 Å². The maximum Gasteiger partial charge on any atom is 0.0948 e. The van der Waals surface area contributed by atoms with Gasteiger partial charge in [0.15, 0.2) is 0 Å². The Hall–Kier alpha value is -1.61. The number of hydrogen-bond donors (Lipinski definition) is 1. The summed E-state index contributed by atoms with van der Waals surface area (Å²) in [4.78, 5) is 4.26. The molecule has 2 rings (SSSR count). The molecule has 1 heterocycles. The Labute approximate surface area is 128 Å². The quantitative estimate of drug-likeness (QED) is 0.799.